The lowest BCUT2D eigenvalue weighted by molar-refractivity contribution is 0.0616. The predicted molar refractivity (Wildman–Crippen MR) is 62.7 cm³/mol. The Balaban J connectivity index is 3.35. The Morgan fingerprint density at radius 3 is 1.81 bits per heavy atom. The molecule has 2 N–H and O–H groups in total. The topological polar surface area (TPSA) is 26.0 Å². The van der Waals surface area contributed by atoms with Crippen molar-refractivity contribution in [3.63, 3.8) is 0 Å². The van der Waals surface area contributed by atoms with Gasteiger partial charge in [0.2, 0.25) is 0 Å². The summed E-state index contributed by atoms with van der Waals surface area (Å²) in [7, 11) is 0. The van der Waals surface area contributed by atoms with Crippen LogP contribution in [0.1, 0.15) is 38.8 Å². The number of halogens is 2. The van der Waals surface area contributed by atoms with Gasteiger partial charge in [-0.05, 0) is 23.5 Å². The third-order valence-electron chi connectivity index (χ3n) is 2.77. The molecule has 90 valence electrons. The van der Waals surface area contributed by atoms with E-state index in [0.29, 0.717) is 5.56 Å². The number of nitrogens with two attached hydrogens (primary N) is 1. The number of hydrogen-bond donors (Lipinski definition) is 1. The molecule has 0 saturated carbocycles. The van der Waals surface area contributed by atoms with Crippen molar-refractivity contribution in [2.45, 2.75) is 45.1 Å². The van der Waals surface area contributed by atoms with Crippen molar-refractivity contribution in [1.29, 1.82) is 0 Å². The van der Waals surface area contributed by atoms with E-state index in [1.165, 1.54) is 6.92 Å². The van der Waals surface area contributed by atoms with Crippen molar-refractivity contribution >= 4 is 0 Å². The minimum atomic E-state index is -2.57. The van der Waals surface area contributed by atoms with Crippen molar-refractivity contribution in [1.82, 2.24) is 0 Å². The number of benzene rings is 1. The van der Waals surface area contributed by atoms with Crippen LogP contribution in [0.5, 0.6) is 0 Å². The van der Waals surface area contributed by atoms with E-state index >= 15 is 0 Å². The predicted octanol–water partition coefficient (Wildman–Crippen LogP) is 3.42. The quantitative estimate of drug-likeness (QED) is 0.823. The van der Waals surface area contributed by atoms with Crippen molar-refractivity contribution in [3.8, 4) is 0 Å². The summed E-state index contributed by atoms with van der Waals surface area (Å²) >= 11 is 0. The van der Waals surface area contributed by atoms with Crippen molar-refractivity contribution in [2.24, 2.45) is 5.73 Å². The Hall–Kier alpha value is -0.960. The highest BCUT2D eigenvalue weighted by Crippen LogP contribution is 2.34. The Morgan fingerprint density at radius 2 is 1.44 bits per heavy atom. The third-order valence-corrected chi connectivity index (χ3v) is 2.77. The standard InChI is InChI=1S/C13H19F2N/c1-12(2,3)9-7-5-6-8-10(9)13(4,16)11(14)15/h5-8,11H,16H2,1-4H3. The van der Waals surface area contributed by atoms with Crippen LogP contribution in [-0.2, 0) is 11.0 Å². The molecule has 0 heterocycles. The zero-order valence-corrected chi connectivity index (χ0v) is 10.2. The smallest absolute Gasteiger partial charge is 0.260 e. The van der Waals surface area contributed by atoms with Crippen molar-refractivity contribution < 1.29 is 8.78 Å². The van der Waals surface area contributed by atoms with Gasteiger partial charge >= 0.3 is 0 Å². The fraction of sp³-hybridized carbons (Fsp3) is 0.538. The molecule has 1 aromatic rings. The minimum absolute atomic E-state index is 0.188. The Bertz CT molecular complexity index is 364. The first-order valence-electron chi connectivity index (χ1n) is 5.34. The van der Waals surface area contributed by atoms with Crippen molar-refractivity contribution in [3.05, 3.63) is 35.4 Å². The van der Waals surface area contributed by atoms with E-state index in [2.05, 4.69) is 0 Å². The Morgan fingerprint density at radius 1 is 1.00 bits per heavy atom. The summed E-state index contributed by atoms with van der Waals surface area (Å²) in [5, 5.41) is 0. The van der Waals surface area contributed by atoms with E-state index in [0.717, 1.165) is 5.56 Å². The molecule has 1 rings (SSSR count). The summed E-state index contributed by atoms with van der Waals surface area (Å²) in [4.78, 5) is 0. The summed E-state index contributed by atoms with van der Waals surface area (Å²) in [5.41, 5.74) is 5.35. The summed E-state index contributed by atoms with van der Waals surface area (Å²) in [6.07, 6.45) is -2.57. The average molecular weight is 227 g/mol. The first kappa shape index (κ1) is 13.1. The average Bonchev–Trinajstić information content (AvgIpc) is 2.16. The van der Waals surface area contributed by atoms with Gasteiger partial charge in [0.15, 0.2) is 0 Å². The summed E-state index contributed by atoms with van der Waals surface area (Å²) in [5.74, 6) is 0. The van der Waals surface area contributed by atoms with Gasteiger partial charge in [0.1, 0.15) is 5.54 Å². The van der Waals surface area contributed by atoms with Gasteiger partial charge in [-0.15, -0.1) is 0 Å². The van der Waals surface area contributed by atoms with Gasteiger partial charge in [0.25, 0.3) is 6.43 Å². The van der Waals surface area contributed by atoms with Crippen LogP contribution in [0.2, 0.25) is 0 Å². The Kier molecular flexibility index (Phi) is 3.38. The third kappa shape index (κ3) is 2.40. The van der Waals surface area contributed by atoms with E-state index < -0.39 is 12.0 Å². The lowest BCUT2D eigenvalue weighted by Gasteiger charge is -2.31. The van der Waals surface area contributed by atoms with Crippen LogP contribution in [0.4, 0.5) is 8.78 Å². The van der Waals surface area contributed by atoms with Gasteiger partial charge in [0, 0.05) is 0 Å². The largest absolute Gasteiger partial charge is 0.317 e. The molecular weight excluding hydrogens is 208 g/mol. The minimum Gasteiger partial charge on any atom is -0.317 e. The molecule has 1 unspecified atom stereocenters. The number of hydrogen-bond acceptors (Lipinski definition) is 1. The fourth-order valence-electron chi connectivity index (χ4n) is 1.72. The van der Waals surface area contributed by atoms with Crippen LogP contribution < -0.4 is 5.73 Å². The fourth-order valence-corrected chi connectivity index (χ4v) is 1.72. The molecule has 16 heavy (non-hydrogen) atoms. The second-order valence-electron chi connectivity index (χ2n) is 5.38. The summed E-state index contributed by atoms with van der Waals surface area (Å²) < 4.78 is 25.9. The van der Waals surface area contributed by atoms with Crippen LogP contribution in [0, 0.1) is 0 Å². The second-order valence-corrected chi connectivity index (χ2v) is 5.38. The number of alkyl halides is 2. The van der Waals surface area contributed by atoms with E-state index in [1.54, 1.807) is 12.1 Å². The molecule has 3 heteroatoms. The second kappa shape index (κ2) is 4.13. The van der Waals surface area contributed by atoms with Gasteiger partial charge in [-0.1, -0.05) is 45.0 Å². The first-order chi connectivity index (χ1) is 7.17. The highest BCUT2D eigenvalue weighted by atomic mass is 19.3. The molecule has 0 aliphatic carbocycles. The SMILES string of the molecule is CC(C)(C)c1ccccc1C(C)(N)C(F)F. The maximum absolute atomic E-state index is 12.9. The van der Waals surface area contributed by atoms with Crippen molar-refractivity contribution in [2.75, 3.05) is 0 Å². The highest BCUT2D eigenvalue weighted by Gasteiger charge is 2.36. The van der Waals surface area contributed by atoms with Gasteiger partial charge in [0.05, 0.1) is 0 Å². The lowest BCUT2D eigenvalue weighted by atomic mass is 9.78. The Labute approximate surface area is 95.7 Å². The summed E-state index contributed by atoms with van der Waals surface area (Å²) in [6.45, 7) is 7.36. The van der Waals surface area contributed by atoms with E-state index in [9.17, 15) is 8.78 Å². The molecule has 0 radical (unpaired) electrons. The zero-order chi connectivity index (χ0) is 12.6. The van der Waals surface area contributed by atoms with Gasteiger partial charge in [-0.3, -0.25) is 0 Å². The molecule has 0 fully saturated rings. The van der Waals surface area contributed by atoms with Gasteiger partial charge < -0.3 is 5.73 Å². The molecule has 0 aliphatic rings. The molecule has 0 bridgehead atoms. The van der Waals surface area contributed by atoms with E-state index in [1.807, 2.05) is 32.9 Å². The summed E-state index contributed by atoms with van der Waals surface area (Å²) in [6, 6.07) is 7.15. The number of rotatable bonds is 2. The van der Waals surface area contributed by atoms with Crippen LogP contribution in [0.3, 0.4) is 0 Å². The lowest BCUT2D eigenvalue weighted by Crippen LogP contribution is -2.42. The van der Waals surface area contributed by atoms with Crippen LogP contribution in [-0.4, -0.2) is 6.43 Å². The first-order valence-corrected chi connectivity index (χ1v) is 5.34. The molecule has 1 nitrogen and oxygen atoms in total. The normalized spacial score (nSPS) is 16.2. The maximum atomic E-state index is 12.9. The maximum Gasteiger partial charge on any atom is 0.260 e. The highest BCUT2D eigenvalue weighted by molar-refractivity contribution is 5.38. The molecular formula is C13H19F2N. The van der Waals surface area contributed by atoms with E-state index in [-0.39, 0.29) is 5.41 Å². The molecule has 0 aromatic heterocycles. The van der Waals surface area contributed by atoms with E-state index in [4.69, 9.17) is 5.73 Å². The molecule has 0 spiro atoms. The van der Waals surface area contributed by atoms with Crippen LogP contribution in [0.15, 0.2) is 24.3 Å². The monoisotopic (exact) mass is 227 g/mol. The van der Waals surface area contributed by atoms with Crippen LogP contribution in [0.25, 0.3) is 0 Å². The molecule has 1 aromatic carbocycles. The molecule has 1 atom stereocenters. The molecule has 0 aliphatic heterocycles. The van der Waals surface area contributed by atoms with Gasteiger partial charge in [-0.2, -0.15) is 0 Å². The van der Waals surface area contributed by atoms with Crippen LogP contribution >= 0.6 is 0 Å². The molecule has 0 amide bonds. The van der Waals surface area contributed by atoms with Gasteiger partial charge in [-0.25, -0.2) is 8.78 Å². The molecule has 0 saturated heterocycles. The zero-order valence-electron chi connectivity index (χ0n) is 10.2.